The van der Waals surface area contributed by atoms with Gasteiger partial charge in [-0.25, -0.2) is 0 Å². The van der Waals surface area contributed by atoms with Crippen LogP contribution in [0.3, 0.4) is 0 Å². The van der Waals surface area contributed by atoms with Gasteiger partial charge in [0.25, 0.3) is 0 Å². The van der Waals surface area contributed by atoms with Crippen LogP contribution in [0.2, 0.25) is 0 Å². The topological polar surface area (TPSA) is 90.1 Å². The van der Waals surface area contributed by atoms with Gasteiger partial charge in [-0.05, 0) is 31.2 Å². The molecule has 3 heterocycles. The molecular weight excluding hydrogens is 330 g/mol. The van der Waals surface area contributed by atoms with E-state index in [4.69, 9.17) is 0 Å². The quantitative estimate of drug-likeness (QED) is 0.754. The number of nitrogens with one attached hydrogen (secondary N) is 3. The van der Waals surface area contributed by atoms with E-state index < -0.39 is 0 Å². The number of rotatable bonds is 3. The van der Waals surface area contributed by atoms with E-state index in [9.17, 15) is 9.59 Å². The summed E-state index contributed by atoms with van der Waals surface area (Å²) in [6.07, 6.45) is 9.96. The van der Waals surface area contributed by atoms with Crippen LogP contribution in [0.1, 0.15) is 56.2 Å². The number of amides is 2. The Morgan fingerprint density at radius 1 is 1.12 bits per heavy atom. The number of hydrogen-bond acceptors (Lipinski definition) is 4. The average molecular weight is 359 g/mol. The number of piperidine rings is 1. The van der Waals surface area contributed by atoms with E-state index in [-0.39, 0.29) is 23.9 Å². The van der Waals surface area contributed by atoms with Gasteiger partial charge in [0.15, 0.2) is 0 Å². The fraction of sp³-hybridized carbons (Fsp3) is 0.737. The standard InChI is InChI=1S/C19H29N5O2/c25-18(16-10-14-11-21-23-17(14)12-20-16)22-15-6-8-24(9-7-15)19(26)13-4-2-1-3-5-13/h11,13,15-16,20H,1-10,12H2,(H,21,23)(H,22,25). The van der Waals surface area contributed by atoms with Crippen molar-refractivity contribution in [3.8, 4) is 0 Å². The summed E-state index contributed by atoms with van der Waals surface area (Å²) in [5.74, 6) is 0.648. The van der Waals surface area contributed by atoms with Gasteiger partial charge in [0.2, 0.25) is 11.8 Å². The van der Waals surface area contributed by atoms with Gasteiger partial charge in [0.05, 0.1) is 17.9 Å². The van der Waals surface area contributed by atoms with E-state index in [1.165, 1.54) is 19.3 Å². The van der Waals surface area contributed by atoms with E-state index in [2.05, 4.69) is 20.8 Å². The Balaban J connectivity index is 1.23. The Morgan fingerprint density at radius 3 is 2.65 bits per heavy atom. The molecule has 1 atom stereocenters. The molecule has 2 aliphatic heterocycles. The summed E-state index contributed by atoms with van der Waals surface area (Å²) in [6.45, 7) is 2.19. The number of hydrogen-bond donors (Lipinski definition) is 3. The molecule has 1 unspecified atom stereocenters. The van der Waals surface area contributed by atoms with Gasteiger partial charge in [-0.1, -0.05) is 19.3 Å². The SMILES string of the molecule is O=C(NC1CCN(C(=O)C2CCCCC2)CC1)C1Cc2cn[nH]c2CN1. The van der Waals surface area contributed by atoms with Crippen LogP contribution in [0, 0.1) is 5.92 Å². The first-order valence-corrected chi connectivity index (χ1v) is 10.0. The highest BCUT2D eigenvalue weighted by Crippen LogP contribution is 2.26. The highest BCUT2D eigenvalue weighted by atomic mass is 16.2. The Hall–Kier alpha value is -1.89. The maximum Gasteiger partial charge on any atom is 0.237 e. The molecule has 1 saturated heterocycles. The van der Waals surface area contributed by atoms with E-state index in [1.807, 2.05) is 11.1 Å². The lowest BCUT2D eigenvalue weighted by atomic mass is 9.87. The van der Waals surface area contributed by atoms with Crippen molar-refractivity contribution in [3.05, 3.63) is 17.5 Å². The fourth-order valence-electron chi connectivity index (χ4n) is 4.52. The molecule has 1 aromatic heterocycles. The average Bonchev–Trinajstić information content (AvgIpc) is 3.16. The lowest BCUT2D eigenvalue weighted by Crippen LogP contribution is -2.53. The summed E-state index contributed by atoms with van der Waals surface area (Å²) in [4.78, 5) is 27.2. The van der Waals surface area contributed by atoms with E-state index in [0.717, 1.165) is 50.0 Å². The van der Waals surface area contributed by atoms with Gasteiger partial charge in [-0.15, -0.1) is 0 Å². The molecule has 2 fully saturated rings. The fourth-order valence-corrected chi connectivity index (χ4v) is 4.52. The molecule has 3 aliphatic rings. The van der Waals surface area contributed by atoms with Gasteiger partial charge in [0, 0.05) is 38.0 Å². The smallest absolute Gasteiger partial charge is 0.237 e. The van der Waals surface area contributed by atoms with Crippen LogP contribution in [0.15, 0.2) is 6.20 Å². The second-order valence-corrected chi connectivity index (χ2v) is 7.95. The number of likely N-dealkylation sites (tertiary alicyclic amines) is 1. The molecule has 0 spiro atoms. The molecule has 142 valence electrons. The second-order valence-electron chi connectivity index (χ2n) is 7.95. The monoisotopic (exact) mass is 359 g/mol. The Kier molecular flexibility index (Phi) is 5.24. The minimum atomic E-state index is -0.193. The third-order valence-electron chi connectivity index (χ3n) is 6.18. The second kappa shape index (κ2) is 7.78. The van der Waals surface area contributed by atoms with Crippen LogP contribution in [0.4, 0.5) is 0 Å². The van der Waals surface area contributed by atoms with Crippen molar-refractivity contribution in [1.29, 1.82) is 0 Å². The lowest BCUT2D eigenvalue weighted by molar-refractivity contribution is -0.137. The first-order valence-electron chi connectivity index (χ1n) is 10.0. The zero-order chi connectivity index (χ0) is 17.9. The summed E-state index contributed by atoms with van der Waals surface area (Å²) >= 11 is 0. The predicted molar refractivity (Wildman–Crippen MR) is 97.2 cm³/mol. The number of carbonyl (C=O) groups excluding carboxylic acids is 2. The van der Waals surface area contributed by atoms with Gasteiger partial charge >= 0.3 is 0 Å². The first-order chi connectivity index (χ1) is 12.7. The van der Waals surface area contributed by atoms with Crippen LogP contribution < -0.4 is 10.6 Å². The molecule has 0 radical (unpaired) electrons. The number of aromatic amines is 1. The van der Waals surface area contributed by atoms with Gasteiger partial charge in [-0.3, -0.25) is 20.0 Å². The van der Waals surface area contributed by atoms with Crippen LogP contribution >= 0.6 is 0 Å². The van der Waals surface area contributed by atoms with Gasteiger partial charge in [0.1, 0.15) is 0 Å². The van der Waals surface area contributed by atoms with Crippen LogP contribution in [-0.2, 0) is 22.6 Å². The number of aromatic nitrogens is 2. The van der Waals surface area contributed by atoms with Crippen LogP contribution in [0.25, 0.3) is 0 Å². The number of fused-ring (bicyclic) bond motifs is 1. The van der Waals surface area contributed by atoms with Crippen molar-refractivity contribution in [2.75, 3.05) is 13.1 Å². The van der Waals surface area contributed by atoms with Crippen molar-refractivity contribution in [2.24, 2.45) is 5.92 Å². The Morgan fingerprint density at radius 2 is 1.88 bits per heavy atom. The highest BCUT2D eigenvalue weighted by Gasteiger charge is 2.31. The molecule has 1 aromatic rings. The molecule has 0 bridgehead atoms. The third-order valence-corrected chi connectivity index (χ3v) is 6.18. The number of H-pyrrole nitrogens is 1. The van der Waals surface area contributed by atoms with Crippen molar-refractivity contribution >= 4 is 11.8 Å². The lowest BCUT2D eigenvalue weighted by Gasteiger charge is -2.36. The maximum absolute atomic E-state index is 12.6. The maximum atomic E-state index is 12.6. The van der Waals surface area contributed by atoms with Crippen LogP contribution in [-0.4, -0.2) is 52.1 Å². The third kappa shape index (κ3) is 3.77. The van der Waals surface area contributed by atoms with Crippen LogP contribution in [0.5, 0.6) is 0 Å². The Bertz CT molecular complexity index is 644. The number of carbonyl (C=O) groups is 2. The predicted octanol–water partition coefficient (Wildman–Crippen LogP) is 1.11. The summed E-state index contributed by atoms with van der Waals surface area (Å²) in [6, 6.07) is -0.0209. The summed E-state index contributed by atoms with van der Waals surface area (Å²) in [5, 5.41) is 13.5. The molecular formula is C19H29N5O2. The van der Waals surface area contributed by atoms with Crippen molar-refractivity contribution in [3.63, 3.8) is 0 Å². The largest absolute Gasteiger partial charge is 0.352 e. The van der Waals surface area contributed by atoms with E-state index in [0.29, 0.717) is 18.9 Å². The van der Waals surface area contributed by atoms with E-state index >= 15 is 0 Å². The van der Waals surface area contributed by atoms with Gasteiger partial charge in [-0.2, -0.15) is 5.10 Å². The van der Waals surface area contributed by atoms with Crippen molar-refractivity contribution in [2.45, 2.75) is 70.0 Å². The highest BCUT2D eigenvalue weighted by molar-refractivity contribution is 5.83. The molecule has 0 aromatic carbocycles. The summed E-state index contributed by atoms with van der Waals surface area (Å²) in [5.41, 5.74) is 2.19. The molecule has 1 saturated carbocycles. The summed E-state index contributed by atoms with van der Waals surface area (Å²) < 4.78 is 0. The van der Waals surface area contributed by atoms with Gasteiger partial charge < -0.3 is 10.2 Å². The zero-order valence-corrected chi connectivity index (χ0v) is 15.3. The first kappa shape index (κ1) is 17.5. The molecule has 4 rings (SSSR count). The van der Waals surface area contributed by atoms with E-state index in [1.54, 1.807) is 0 Å². The number of nitrogens with zero attached hydrogens (tertiary/aromatic N) is 2. The molecule has 26 heavy (non-hydrogen) atoms. The normalized spacial score (nSPS) is 24.9. The molecule has 1 aliphatic carbocycles. The van der Waals surface area contributed by atoms with Crippen molar-refractivity contribution in [1.82, 2.24) is 25.7 Å². The molecule has 3 N–H and O–H groups in total. The molecule has 2 amide bonds. The molecule has 7 heteroatoms. The van der Waals surface area contributed by atoms with Crippen molar-refractivity contribution < 1.29 is 9.59 Å². The minimum absolute atomic E-state index is 0.0638. The summed E-state index contributed by atoms with van der Waals surface area (Å²) in [7, 11) is 0. The molecule has 7 nitrogen and oxygen atoms in total. The zero-order valence-electron chi connectivity index (χ0n) is 15.3. The minimum Gasteiger partial charge on any atom is -0.352 e. The Labute approximate surface area is 154 Å².